The Labute approximate surface area is 95.4 Å². The van der Waals surface area contributed by atoms with Crippen LogP contribution in [0.5, 0.6) is 5.75 Å². The second-order valence-electron chi connectivity index (χ2n) is 3.25. The predicted octanol–water partition coefficient (Wildman–Crippen LogP) is 1.77. The SMILES string of the molecule is CCC(C#N)S(=O)(=O)c1ccc(OC)cc1. The van der Waals surface area contributed by atoms with E-state index in [-0.39, 0.29) is 11.3 Å². The summed E-state index contributed by atoms with van der Waals surface area (Å²) in [5.74, 6) is 0.587. The van der Waals surface area contributed by atoms with Crippen molar-refractivity contribution in [3.63, 3.8) is 0 Å². The van der Waals surface area contributed by atoms with Crippen LogP contribution in [0.25, 0.3) is 0 Å². The highest BCUT2D eigenvalue weighted by atomic mass is 32.2. The lowest BCUT2D eigenvalue weighted by Gasteiger charge is -2.08. The lowest BCUT2D eigenvalue weighted by molar-refractivity contribution is 0.414. The van der Waals surface area contributed by atoms with Crippen LogP contribution in [0.3, 0.4) is 0 Å². The molecule has 5 heteroatoms. The summed E-state index contributed by atoms with van der Waals surface area (Å²) < 4.78 is 28.8. The van der Waals surface area contributed by atoms with Crippen LogP contribution in [0.1, 0.15) is 13.3 Å². The summed E-state index contributed by atoms with van der Waals surface area (Å²) in [5, 5.41) is 7.78. The highest BCUT2D eigenvalue weighted by Gasteiger charge is 2.25. The number of sulfone groups is 1. The van der Waals surface area contributed by atoms with Crippen molar-refractivity contribution in [2.45, 2.75) is 23.5 Å². The second-order valence-corrected chi connectivity index (χ2v) is 5.38. The molecule has 0 N–H and O–H groups in total. The third-order valence-corrected chi connectivity index (χ3v) is 4.39. The van der Waals surface area contributed by atoms with Gasteiger partial charge in [-0.1, -0.05) is 6.92 Å². The molecule has 0 fully saturated rings. The van der Waals surface area contributed by atoms with Crippen molar-refractivity contribution in [2.75, 3.05) is 7.11 Å². The molecule has 1 unspecified atom stereocenters. The maximum absolute atomic E-state index is 11.9. The molecule has 0 heterocycles. The Kier molecular flexibility index (Phi) is 3.91. The number of ether oxygens (including phenoxy) is 1. The van der Waals surface area contributed by atoms with Gasteiger partial charge in [-0.2, -0.15) is 5.26 Å². The first-order chi connectivity index (χ1) is 7.56. The van der Waals surface area contributed by atoms with E-state index in [0.717, 1.165) is 0 Å². The second kappa shape index (κ2) is 4.99. The van der Waals surface area contributed by atoms with Gasteiger partial charge in [0.1, 0.15) is 5.75 Å². The smallest absolute Gasteiger partial charge is 0.194 e. The van der Waals surface area contributed by atoms with E-state index in [4.69, 9.17) is 10.00 Å². The number of hydrogen-bond acceptors (Lipinski definition) is 4. The standard InChI is InChI=1S/C11H13NO3S/c1-3-10(8-12)16(13,14)11-6-4-9(15-2)5-7-11/h4-7,10H,3H2,1-2H3. The fourth-order valence-electron chi connectivity index (χ4n) is 1.31. The van der Waals surface area contributed by atoms with Crippen molar-refractivity contribution in [2.24, 2.45) is 0 Å². The molecule has 0 saturated carbocycles. The van der Waals surface area contributed by atoms with Gasteiger partial charge in [0.05, 0.1) is 18.1 Å². The highest BCUT2D eigenvalue weighted by Crippen LogP contribution is 2.20. The lowest BCUT2D eigenvalue weighted by atomic mass is 10.3. The van der Waals surface area contributed by atoms with Gasteiger partial charge >= 0.3 is 0 Å². The number of rotatable bonds is 4. The Morgan fingerprint density at radius 2 is 1.94 bits per heavy atom. The van der Waals surface area contributed by atoms with Gasteiger partial charge in [-0.3, -0.25) is 0 Å². The van der Waals surface area contributed by atoms with E-state index in [2.05, 4.69) is 0 Å². The number of hydrogen-bond donors (Lipinski definition) is 0. The molecule has 0 radical (unpaired) electrons. The largest absolute Gasteiger partial charge is 0.497 e. The van der Waals surface area contributed by atoms with E-state index < -0.39 is 15.1 Å². The minimum atomic E-state index is -3.54. The van der Waals surface area contributed by atoms with Crippen LogP contribution in [0.15, 0.2) is 29.2 Å². The summed E-state index contributed by atoms with van der Waals surface area (Å²) in [6.07, 6.45) is 0.283. The van der Waals surface area contributed by atoms with Crippen LogP contribution in [-0.4, -0.2) is 20.8 Å². The fourth-order valence-corrected chi connectivity index (χ4v) is 2.73. The maximum Gasteiger partial charge on any atom is 0.194 e. The van der Waals surface area contributed by atoms with Crippen molar-refractivity contribution in [3.05, 3.63) is 24.3 Å². The van der Waals surface area contributed by atoms with Crippen molar-refractivity contribution in [3.8, 4) is 11.8 Å². The van der Waals surface area contributed by atoms with Crippen molar-refractivity contribution in [1.82, 2.24) is 0 Å². The van der Waals surface area contributed by atoms with Gasteiger partial charge in [-0.15, -0.1) is 0 Å². The van der Waals surface area contributed by atoms with Gasteiger partial charge < -0.3 is 4.74 Å². The van der Waals surface area contributed by atoms with Crippen molar-refractivity contribution < 1.29 is 13.2 Å². The summed E-state index contributed by atoms with van der Waals surface area (Å²) in [7, 11) is -2.04. The quantitative estimate of drug-likeness (QED) is 0.803. The number of nitriles is 1. The van der Waals surface area contributed by atoms with Crippen LogP contribution in [0.4, 0.5) is 0 Å². The first-order valence-electron chi connectivity index (χ1n) is 4.83. The zero-order valence-corrected chi connectivity index (χ0v) is 9.99. The first kappa shape index (κ1) is 12.5. The van der Waals surface area contributed by atoms with Crippen LogP contribution in [0.2, 0.25) is 0 Å². The molecule has 0 aliphatic carbocycles. The lowest BCUT2D eigenvalue weighted by Crippen LogP contribution is -2.18. The Balaban J connectivity index is 3.13. The summed E-state index contributed by atoms with van der Waals surface area (Å²) in [4.78, 5) is 0.154. The minimum absolute atomic E-state index is 0.154. The molecule has 1 aromatic rings. The fraction of sp³-hybridized carbons (Fsp3) is 0.364. The van der Waals surface area contributed by atoms with Gasteiger partial charge in [0, 0.05) is 0 Å². The third kappa shape index (κ3) is 2.34. The third-order valence-electron chi connectivity index (χ3n) is 2.28. The van der Waals surface area contributed by atoms with Gasteiger partial charge in [-0.25, -0.2) is 8.42 Å². The zero-order valence-electron chi connectivity index (χ0n) is 9.17. The minimum Gasteiger partial charge on any atom is -0.497 e. The molecule has 0 aliphatic heterocycles. The van der Waals surface area contributed by atoms with Crippen LogP contribution in [-0.2, 0) is 9.84 Å². The highest BCUT2D eigenvalue weighted by molar-refractivity contribution is 7.92. The van der Waals surface area contributed by atoms with E-state index >= 15 is 0 Å². The normalized spacial score (nSPS) is 12.8. The zero-order chi connectivity index (χ0) is 12.2. The van der Waals surface area contributed by atoms with E-state index in [9.17, 15) is 8.42 Å². The van der Waals surface area contributed by atoms with Crippen LogP contribution in [0, 0.1) is 11.3 Å². The van der Waals surface area contributed by atoms with Gasteiger partial charge in [0.25, 0.3) is 0 Å². The molecular weight excluding hydrogens is 226 g/mol. The Bertz CT molecular complexity index is 485. The monoisotopic (exact) mass is 239 g/mol. The molecule has 1 rings (SSSR count). The van der Waals surface area contributed by atoms with Crippen LogP contribution < -0.4 is 4.74 Å². The van der Waals surface area contributed by atoms with E-state index in [1.807, 2.05) is 0 Å². The molecule has 0 saturated heterocycles. The molecule has 16 heavy (non-hydrogen) atoms. The molecule has 0 spiro atoms. The maximum atomic E-state index is 11.9. The Hall–Kier alpha value is -1.54. The summed E-state index contributed by atoms with van der Waals surface area (Å²) in [6, 6.07) is 7.84. The van der Waals surface area contributed by atoms with Gasteiger partial charge in [0.2, 0.25) is 0 Å². The van der Waals surface area contributed by atoms with Gasteiger partial charge in [0.15, 0.2) is 15.1 Å². The van der Waals surface area contributed by atoms with Crippen molar-refractivity contribution >= 4 is 9.84 Å². The topological polar surface area (TPSA) is 67.2 Å². The molecule has 4 nitrogen and oxygen atoms in total. The Morgan fingerprint density at radius 3 is 2.31 bits per heavy atom. The number of nitrogens with zero attached hydrogens (tertiary/aromatic N) is 1. The number of benzene rings is 1. The van der Waals surface area contributed by atoms with Crippen LogP contribution >= 0.6 is 0 Å². The molecule has 0 amide bonds. The average Bonchev–Trinajstić information content (AvgIpc) is 2.30. The molecule has 0 bridgehead atoms. The van der Waals surface area contributed by atoms with Gasteiger partial charge in [-0.05, 0) is 30.7 Å². The van der Waals surface area contributed by atoms with E-state index in [0.29, 0.717) is 5.75 Å². The van der Waals surface area contributed by atoms with E-state index in [1.54, 1.807) is 25.1 Å². The molecular formula is C11H13NO3S. The summed E-state index contributed by atoms with van der Waals surface area (Å²) in [5.41, 5.74) is 0. The molecule has 1 atom stereocenters. The summed E-state index contributed by atoms with van der Waals surface area (Å²) >= 11 is 0. The molecule has 0 aliphatic rings. The number of methoxy groups -OCH3 is 1. The van der Waals surface area contributed by atoms with E-state index in [1.165, 1.54) is 19.2 Å². The molecule has 0 aromatic heterocycles. The Morgan fingerprint density at radius 1 is 1.38 bits per heavy atom. The first-order valence-corrected chi connectivity index (χ1v) is 6.38. The molecule has 86 valence electrons. The summed E-state index contributed by atoms with van der Waals surface area (Å²) in [6.45, 7) is 1.68. The van der Waals surface area contributed by atoms with Crippen molar-refractivity contribution in [1.29, 1.82) is 5.26 Å². The molecule has 1 aromatic carbocycles. The average molecular weight is 239 g/mol. The predicted molar refractivity (Wildman–Crippen MR) is 59.9 cm³/mol.